The lowest BCUT2D eigenvalue weighted by molar-refractivity contribution is -0.118. The molecule has 0 bridgehead atoms. The second kappa shape index (κ2) is 5.93. The highest BCUT2D eigenvalue weighted by Gasteiger charge is 2.22. The SMILES string of the molecule is NC1C=CC(C(=O)Nc2cccc(Cn3ccnc3)c2)C1. The lowest BCUT2D eigenvalue weighted by atomic mass is 10.1. The molecule has 0 radical (unpaired) electrons. The molecule has 2 atom stereocenters. The molecule has 1 heterocycles. The minimum Gasteiger partial charge on any atom is -0.333 e. The number of nitrogens with one attached hydrogen (secondary N) is 1. The van der Waals surface area contributed by atoms with E-state index in [1.54, 1.807) is 12.5 Å². The summed E-state index contributed by atoms with van der Waals surface area (Å²) in [5.41, 5.74) is 7.71. The van der Waals surface area contributed by atoms with Crippen LogP contribution in [0.1, 0.15) is 12.0 Å². The minimum absolute atomic E-state index is 0.000944. The lowest BCUT2D eigenvalue weighted by Crippen LogP contribution is -2.24. The van der Waals surface area contributed by atoms with Crippen molar-refractivity contribution in [3.05, 3.63) is 60.7 Å². The second-order valence-corrected chi connectivity index (χ2v) is 5.32. The summed E-state index contributed by atoms with van der Waals surface area (Å²) in [6.45, 7) is 0.734. The molecule has 1 aliphatic rings. The van der Waals surface area contributed by atoms with Crippen LogP contribution in [0, 0.1) is 5.92 Å². The van der Waals surface area contributed by atoms with Gasteiger partial charge in [0.05, 0.1) is 12.2 Å². The summed E-state index contributed by atoms with van der Waals surface area (Å²) >= 11 is 0. The van der Waals surface area contributed by atoms with Gasteiger partial charge < -0.3 is 15.6 Å². The molecule has 21 heavy (non-hydrogen) atoms. The van der Waals surface area contributed by atoms with Crippen molar-refractivity contribution in [1.29, 1.82) is 0 Å². The maximum Gasteiger partial charge on any atom is 0.231 e. The predicted molar refractivity (Wildman–Crippen MR) is 81.6 cm³/mol. The first-order valence-electron chi connectivity index (χ1n) is 7.00. The first kappa shape index (κ1) is 13.6. The number of benzene rings is 1. The summed E-state index contributed by atoms with van der Waals surface area (Å²) < 4.78 is 1.99. The fraction of sp³-hybridized carbons (Fsp3) is 0.250. The molecule has 1 aromatic carbocycles. The highest BCUT2D eigenvalue weighted by atomic mass is 16.1. The van der Waals surface area contributed by atoms with Crippen LogP contribution in [0.5, 0.6) is 0 Å². The molecule has 108 valence electrons. The zero-order valence-corrected chi connectivity index (χ0v) is 11.6. The number of amides is 1. The van der Waals surface area contributed by atoms with Gasteiger partial charge in [0.25, 0.3) is 0 Å². The van der Waals surface area contributed by atoms with E-state index in [1.807, 2.05) is 47.2 Å². The third-order valence-corrected chi connectivity index (χ3v) is 3.57. The zero-order chi connectivity index (χ0) is 14.7. The molecule has 0 aliphatic heterocycles. The van der Waals surface area contributed by atoms with Crippen LogP contribution in [0.15, 0.2) is 55.1 Å². The van der Waals surface area contributed by atoms with Gasteiger partial charge in [-0.25, -0.2) is 4.98 Å². The van der Waals surface area contributed by atoms with E-state index >= 15 is 0 Å². The van der Waals surface area contributed by atoms with Crippen molar-refractivity contribution in [3.63, 3.8) is 0 Å². The number of hydrogen-bond acceptors (Lipinski definition) is 3. The number of nitrogens with zero attached hydrogens (tertiary/aromatic N) is 2. The highest BCUT2D eigenvalue weighted by Crippen LogP contribution is 2.19. The quantitative estimate of drug-likeness (QED) is 0.839. The van der Waals surface area contributed by atoms with E-state index in [9.17, 15) is 4.79 Å². The van der Waals surface area contributed by atoms with Gasteiger partial charge in [-0.05, 0) is 24.1 Å². The molecule has 3 N–H and O–H groups in total. The molecule has 5 nitrogen and oxygen atoms in total. The zero-order valence-electron chi connectivity index (χ0n) is 11.6. The first-order chi connectivity index (χ1) is 10.2. The van der Waals surface area contributed by atoms with Crippen LogP contribution >= 0.6 is 0 Å². The van der Waals surface area contributed by atoms with Crippen LogP contribution in [-0.2, 0) is 11.3 Å². The Kier molecular flexibility index (Phi) is 3.83. The Morgan fingerprint density at radius 1 is 1.43 bits per heavy atom. The normalized spacial score (nSPS) is 20.6. The number of hydrogen-bond donors (Lipinski definition) is 2. The van der Waals surface area contributed by atoms with E-state index < -0.39 is 0 Å². The van der Waals surface area contributed by atoms with Crippen LogP contribution in [-0.4, -0.2) is 21.5 Å². The van der Waals surface area contributed by atoms with E-state index in [-0.39, 0.29) is 17.9 Å². The number of nitrogens with two attached hydrogens (primary N) is 1. The van der Waals surface area contributed by atoms with Crippen molar-refractivity contribution in [2.24, 2.45) is 11.7 Å². The summed E-state index contributed by atoms with van der Waals surface area (Å²) in [6.07, 6.45) is 9.89. The summed E-state index contributed by atoms with van der Waals surface area (Å²) in [5.74, 6) is -0.128. The Hall–Kier alpha value is -2.40. The Balaban J connectivity index is 1.66. The smallest absolute Gasteiger partial charge is 0.231 e. The summed E-state index contributed by atoms with van der Waals surface area (Å²) in [7, 11) is 0. The molecule has 0 saturated carbocycles. The second-order valence-electron chi connectivity index (χ2n) is 5.32. The van der Waals surface area contributed by atoms with E-state index in [0.29, 0.717) is 6.42 Å². The van der Waals surface area contributed by atoms with Gasteiger partial charge in [0, 0.05) is 30.7 Å². The van der Waals surface area contributed by atoms with Crippen LogP contribution in [0.4, 0.5) is 5.69 Å². The summed E-state index contributed by atoms with van der Waals surface area (Å²) in [6, 6.07) is 7.84. The molecule has 1 amide bonds. The molecule has 0 saturated heterocycles. The van der Waals surface area contributed by atoms with Gasteiger partial charge in [0.2, 0.25) is 5.91 Å². The number of rotatable bonds is 4. The Morgan fingerprint density at radius 3 is 3.05 bits per heavy atom. The maximum absolute atomic E-state index is 12.2. The van der Waals surface area contributed by atoms with Crippen molar-refractivity contribution in [2.75, 3.05) is 5.32 Å². The molecule has 1 aliphatic carbocycles. The van der Waals surface area contributed by atoms with Gasteiger partial charge in [-0.2, -0.15) is 0 Å². The van der Waals surface area contributed by atoms with Gasteiger partial charge in [0.1, 0.15) is 0 Å². The number of aromatic nitrogens is 2. The predicted octanol–water partition coefficient (Wildman–Crippen LogP) is 1.77. The van der Waals surface area contributed by atoms with Crippen molar-refractivity contribution in [3.8, 4) is 0 Å². The summed E-state index contributed by atoms with van der Waals surface area (Å²) in [5, 5.41) is 2.95. The fourth-order valence-corrected chi connectivity index (χ4v) is 2.50. The molecular weight excluding hydrogens is 264 g/mol. The minimum atomic E-state index is -0.127. The van der Waals surface area contributed by atoms with Crippen molar-refractivity contribution >= 4 is 11.6 Å². The maximum atomic E-state index is 12.2. The molecular formula is C16H18N4O. The molecule has 0 spiro atoms. The van der Waals surface area contributed by atoms with Crippen LogP contribution in [0.3, 0.4) is 0 Å². The lowest BCUT2D eigenvalue weighted by Gasteiger charge is -2.11. The Bertz CT molecular complexity index is 648. The molecule has 1 aromatic heterocycles. The van der Waals surface area contributed by atoms with Crippen molar-refractivity contribution < 1.29 is 4.79 Å². The molecule has 3 rings (SSSR count). The van der Waals surface area contributed by atoms with Gasteiger partial charge in [-0.15, -0.1) is 0 Å². The van der Waals surface area contributed by atoms with Crippen LogP contribution < -0.4 is 11.1 Å². The molecule has 0 fully saturated rings. The van der Waals surface area contributed by atoms with Gasteiger partial charge >= 0.3 is 0 Å². The average Bonchev–Trinajstić information content (AvgIpc) is 3.11. The molecule has 2 unspecified atom stereocenters. The summed E-state index contributed by atoms with van der Waals surface area (Å²) in [4.78, 5) is 16.2. The van der Waals surface area contributed by atoms with Crippen molar-refractivity contribution in [2.45, 2.75) is 19.0 Å². The molecule has 2 aromatic rings. The number of anilines is 1. The fourth-order valence-electron chi connectivity index (χ4n) is 2.50. The van der Waals surface area contributed by atoms with E-state index in [1.165, 1.54) is 0 Å². The van der Waals surface area contributed by atoms with Crippen molar-refractivity contribution in [1.82, 2.24) is 9.55 Å². The third kappa shape index (κ3) is 3.38. The Labute approximate surface area is 123 Å². The third-order valence-electron chi connectivity index (χ3n) is 3.57. The van der Waals surface area contributed by atoms with Gasteiger partial charge in [-0.3, -0.25) is 4.79 Å². The number of carbonyl (C=O) groups is 1. The van der Waals surface area contributed by atoms with E-state index in [4.69, 9.17) is 5.73 Å². The average molecular weight is 282 g/mol. The highest BCUT2D eigenvalue weighted by molar-refractivity contribution is 5.94. The topological polar surface area (TPSA) is 72.9 Å². The van der Waals surface area contributed by atoms with Crippen LogP contribution in [0.25, 0.3) is 0 Å². The van der Waals surface area contributed by atoms with Gasteiger partial charge in [0.15, 0.2) is 0 Å². The number of carbonyl (C=O) groups excluding carboxylic acids is 1. The van der Waals surface area contributed by atoms with Gasteiger partial charge in [-0.1, -0.05) is 24.3 Å². The van der Waals surface area contributed by atoms with E-state index in [2.05, 4.69) is 10.3 Å². The largest absolute Gasteiger partial charge is 0.333 e. The molecule has 5 heteroatoms. The van der Waals surface area contributed by atoms with Crippen LogP contribution in [0.2, 0.25) is 0 Å². The monoisotopic (exact) mass is 282 g/mol. The Morgan fingerprint density at radius 2 is 2.33 bits per heavy atom. The standard InChI is InChI=1S/C16H18N4O/c17-14-5-4-13(9-14)16(21)19-15-3-1-2-12(8-15)10-20-7-6-18-11-20/h1-8,11,13-14H,9-10,17H2,(H,19,21). The van der Waals surface area contributed by atoms with E-state index in [0.717, 1.165) is 17.8 Å². The first-order valence-corrected chi connectivity index (χ1v) is 7.00. The number of imidazole rings is 1.